The van der Waals surface area contributed by atoms with Crippen molar-refractivity contribution in [2.75, 3.05) is 0 Å². The highest BCUT2D eigenvalue weighted by molar-refractivity contribution is 5.93. The molecule has 5 aliphatic carbocycles. The normalized spacial score (nSPS) is 52.9. The van der Waals surface area contributed by atoms with Gasteiger partial charge in [-0.3, -0.25) is 9.59 Å². The molecule has 0 aromatic heterocycles. The zero-order chi connectivity index (χ0) is 21.5. The van der Waals surface area contributed by atoms with Crippen molar-refractivity contribution in [1.29, 1.82) is 0 Å². The summed E-state index contributed by atoms with van der Waals surface area (Å²) in [7, 11) is 0. The molecule has 0 spiro atoms. The summed E-state index contributed by atoms with van der Waals surface area (Å²) in [4.78, 5) is 24.6. The van der Waals surface area contributed by atoms with E-state index >= 15 is 0 Å². The maximum Gasteiger partial charge on any atom is 0.312 e. The molecule has 6 unspecified atom stereocenters. The molecule has 166 valence electrons. The Morgan fingerprint density at radius 1 is 1.00 bits per heavy atom. The van der Waals surface area contributed by atoms with Crippen LogP contribution < -0.4 is 0 Å². The first-order valence-corrected chi connectivity index (χ1v) is 11.7. The van der Waals surface area contributed by atoms with E-state index in [4.69, 9.17) is 0 Å². The third-order valence-corrected chi connectivity index (χ3v) is 10.3. The monoisotopic (exact) mass is 418 g/mol. The van der Waals surface area contributed by atoms with Crippen LogP contribution in [0.25, 0.3) is 0 Å². The third-order valence-electron chi connectivity index (χ3n) is 10.3. The number of hydrogen-bond acceptors (Lipinski definition) is 5. The number of carbonyl (C=O) groups is 2. The Bertz CT molecular complexity index is 821. The molecular formula is C24H34O6. The number of carboxylic acids is 1. The second-order valence-corrected chi connectivity index (χ2v) is 11.1. The van der Waals surface area contributed by atoms with E-state index in [0.29, 0.717) is 44.9 Å². The van der Waals surface area contributed by atoms with Gasteiger partial charge in [-0.15, -0.1) is 0 Å². The van der Waals surface area contributed by atoms with Gasteiger partial charge >= 0.3 is 5.97 Å². The van der Waals surface area contributed by atoms with Crippen molar-refractivity contribution in [3.63, 3.8) is 0 Å². The molecule has 0 amide bonds. The second kappa shape index (κ2) is 6.39. The lowest BCUT2D eigenvalue weighted by molar-refractivity contribution is -0.260. The van der Waals surface area contributed by atoms with Crippen LogP contribution in [0.15, 0.2) is 11.6 Å². The predicted octanol–water partition coefficient (Wildman–Crippen LogP) is 2.59. The molecular weight excluding hydrogens is 384 g/mol. The first kappa shape index (κ1) is 20.7. The van der Waals surface area contributed by atoms with E-state index < -0.39 is 28.7 Å². The Hall–Kier alpha value is -1.24. The van der Waals surface area contributed by atoms with E-state index in [0.717, 1.165) is 18.4 Å². The third kappa shape index (κ3) is 2.36. The van der Waals surface area contributed by atoms with Gasteiger partial charge < -0.3 is 20.4 Å². The number of ketones is 1. The number of hydrogen-bond donors (Lipinski definition) is 4. The van der Waals surface area contributed by atoms with Gasteiger partial charge in [0.25, 0.3) is 0 Å². The van der Waals surface area contributed by atoms with Gasteiger partial charge in [-0.1, -0.05) is 12.5 Å². The number of carboxylic acid groups (broad SMARTS) is 1. The molecule has 6 heteroatoms. The number of allylic oxidation sites excluding steroid dienone is 2. The lowest BCUT2D eigenvalue weighted by Gasteiger charge is -2.65. The molecule has 6 nitrogen and oxygen atoms in total. The lowest BCUT2D eigenvalue weighted by atomic mass is 9.41. The number of rotatable bonds is 2. The van der Waals surface area contributed by atoms with Crippen molar-refractivity contribution in [3.8, 4) is 0 Å². The molecule has 0 saturated heterocycles. The highest BCUT2D eigenvalue weighted by Crippen LogP contribution is 2.71. The summed E-state index contributed by atoms with van der Waals surface area (Å²) < 4.78 is 0. The Morgan fingerprint density at radius 3 is 2.40 bits per heavy atom. The first-order chi connectivity index (χ1) is 14.1. The number of aliphatic carboxylic acids is 1. The van der Waals surface area contributed by atoms with Gasteiger partial charge in [0.1, 0.15) is 0 Å². The molecule has 4 N–H and O–H groups in total. The Balaban J connectivity index is 1.54. The van der Waals surface area contributed by atoms with Crippen LogP contribution in [0.5, 0.6) is 0 Å². The molecule has 0 heterocycles. The van der Waals surface area contributed by atoms with Crippen LogP contribution in [-0.2, 0) is 9.59 Å². The fraction of sp³-hybridized carbons (Fsp3) is 0.833. The van der Waals surface area contributed by atoms with Gasteiger partial charge in [-0.25, -0.2) is 0 Å². The standard InChI is InChI=1S/C24H34O6/c1-21-8-5-18-19(24(21,30)11-7-17(21)14-2-3-15(25)12-14)6-9-22(29)13-16(26)4-10-23(18,22)20(27)28/h12,16-19,26,29-30H,2-11,13H2,1H3,(H,27,28)/t16?,17?,18-,19+,21?,22?,23?,24?/m0/s1. The zero-order valence-electron chi connectivity index (χ0n) is 17.8. The van der Waals surface area contributed by atoms with Crippen molar-refractivity contribution in [2.24, 2.45) is 28.6 Å². The smallest absolute Gasteiger partial charge is 0.312 e. The maximum atomic E-state index is 12.7. The zero-order valence-corrected chi connectivity index (χ0v) is 17.8. The van der Waals surface area contributed by atoms with E-state index in [9.17, 15) is 30.0 Å². The maximum absolute atomic E-state index is 12.7. The molecule has 30 heavy (non-hydrogen) atoms. The van der Waals surface area contributed by atoms with E-state index in [1.165, 1.54) is 0 Å². The van der Waals surface area contributed by atoms with Crippen LogP contribution in [-0.4, -0.2) is 49.5 Å². The van der Waals surface area contributed by atoms with E-state index in [1.807, 2.05) is 0 Å². The first-order valence-electron chi connectivity index (χ1n) is 11.7. The molecule has 0 bridgehead atoms. The topological polar surface area (TPSA) is 115 Å². The highest BCUT2D eigenvalue weighted by Gasteiger charge is 2.73. The van der Waals surface area contributed by atoms with Gasteiger partial charge in [0.2, 0.25) is 0 Å². The quantitative estimate of drug-likeness (QED) is 0.548. The Kier molecular flexibility index (Phi) is 4.40. The molecule has 4 fully saturated rings. The molecule has 0 aromatic rings. The summed E-state index contributed by atoms with van der Waals surface area (Å²) >= 11 is 0. The minimum Gasteiger partial charge on any atom is -0.481 e. The summed E-state index contributed by atoms with van der Waals surface area (Å²) in [6.45, 7) is 2.14. The van der Waals surface area contributed by atoms with Crippen LogP contribution in [0, 0.1) is 28.6 Å². The second-order valence-electron chi connectivity index (χ2n) is 11.1. The fourth-order valence-corrected chi connectivity index (χ4v) is 8.79. The highest BCUT2D eigenvalue weighted by atomic mass is 16.4. The van der Waals surface area contributed by atoms with Gasteiger partial charge in [0.15, 0.2) is 5.78 Å². The predicted molar refractivity (Wildman–Crippen MR) is 108 cm³/mol. The summed E-state index contributed by atoms with van der Waals surface area (Å²) in [5, 5.41) is 44.2. The Morgan fingerprint density at radius 2 is 1.73 bits per heavy atom. The van der Waals surface area contributed by atoms with Crippen molar-refractivity contribution < 1.29 is 30.0 Å². The lowest BCUT2D eigenvalue weighted by Crippen LogP contribution is -2.70. The summed E-state index contributed by atoms with van der Waals surface area (Å²) in [5.74, 6) is -1.10. The van der Waals surface area contributed by atoms with Crippen molar-refractivity contribution in [2.45, 2.75) is 94.9 Å². The van der Waals surface area contributed by atoms with Crippen molar-refractivity contribution >= 4 is 11.8 Å². The van der Waals surface area contributed by atoms with Gasteiger partial charge in [-0.05, 0) is 81.6 Å². The number of carbonyl (C=O) groups excluding carboxylic acids is 1. The largest absolute Gasteiger partial charge is 0.481 e. The minimum atomic E-state index is -1.42. The van der Waals surface area contributed by atoms with Crippen LogP contribution in [0.1, 0.15) is 77.6 Å². The average molecular weight is 419 g/mol. The van der Waals surface area contributed by atoms with Crippen LogP contribution >= 0.6 is 0 Å². The number of aliphatic hydroxyl groups is 3. The molecule has 4 saturated carbocycles. The van der Waals surface area contributed by atoms with E-state index in [1.54, 1.807) is 6.08 Å². The average Bonchev–Trinajstić information content (AvgIpc) is 3.21. The van der Waals surface area contributed by atoms with E-state index in [2.05, 4.69) is 6.92 Å². The summed E-state index contributed by atoms with van der Waals surface area (Å²) in [5.41, 5.74) is -2.90. The SMILES string of the molecule is CC12CC[C@H]3[C@@H](CCC4(O)CC(O)CCC34C(=O)O)C1(O)CCC2C1=CC(=O)CC1. The van der Waals surface area contributed by atoms with E-state index in [-0.39, 0.29) is 41.8 Å². The Labute approximate surface area is 177 Å². The van der Waals surface area contributed by atoms with Gasteiger partial charge in [0.05, 0.1) is 22.7 Å². The number of fused-ring (bicyclic) bond motifs is 5. The molecule has 0 radical (unpaired) electrons. The summed E-state index contributed by atoms with van der Waals surface area (Å²) in [6.07, 6.45) is 6.91. The van der Waals surface area contributed by atoms with Crippen molar-refractivity contribution in [3.05, 3.63) is 11.6 Å². The van der Waals surface area contributed by atoms with Crippen LogP contribution in [0.2, 0.25) is 0 Å². The van der Waals surface area contributed by atoms with Crippen LogP contribution in [0.4, 0.5) is 0 Å². The number of aliphatic hydroxyl groups excluding tert-OH is 1. The molecule has 0 aliphatic heterocycles. The molecule has 5 rings (SSSR count). The van der Waals surface area contributed by atoms with Crippen LogP contribution in [0.3, 0.4) is 0 Å². The minimum absolute atomic E-state index is 0.107. The van der Waals surface area contributed by atoms with Crippen molar-refractivity contribution in [1.82, 2.24) is 0 Å². The summed E-state index contributed by atoms with van der Waals surface area (Å²) in [6, 6.07) is 0. The van der Waals surface area contributed by atoms with Gasteiger partial charge in [0, 0.05) is 18.3 Å². The molecule has 8 atom stereocenters. The van der Waals surface area contributed by atoms with Gasteiger partial charge in [-0.2, -0.15) is 0 Å². The molecule has 5 aliphatic rings. The molecule has 0 aromatic carbocycles. The fourth-order valence-electron chi connectivity index (χ4n) is 8.79.